The number of aliphatic hydroxyl groups excluding tert-OH is 1. The van der Waals surface area contributed by atoms with Gasteiger partial charge in [0.2, 0.25) is 0 Å². The molecule has 1 aromatic rings. The maximum absolute atomic E-state index is 9.87. The van der Waals surface area contributed by atoms with Gasteiger partial charge in [0.25, 0.3) is 0 Å². The third kappa shape index (κ3) is 10.3. The van der Waals surface area contributed by atoms with E-state index in [1.807, 2.05) is 30.3 Å². The van der Waals surface area contributed by atoms with Gasteiger partial charge in [0.1, 0.15) is 6.10 Å². The molecule has 1 unspecified atom stereocenters. The summed E-state index contributed by atoms with van der Waals surface area (Å²) in [6, 6.07) is 9.54. The highest BCUT2D eigenvalue weighted by Crippen LogP contribution is 2.12. The lowest BCUT2D eigenvalue weighted by Gasteiger charge is -2.23. The standard InChI is InChI=1S/C13H19NO3.C4H4O4/c15-13(11-4-2-1-3-5-11)10-16-9-12-8-14-6-7-17-12;5-3(6)1-2-4(7)8/h1-5,12-15H,6-10H2;1-2H,(H,5,6)(H,7,8)/t12?,13-;/m1./s1. The molecular weight excluding hydrogens is 330 g/mol. The maximum Gasteiger partial charge on any atom is 0.328 e. The normalized spacial score (nSPS) is 18.2. The third-order valence-electron chi connectivity index (χ3n) is 3.14. The fourth-order valence-electron chi connectivity index (χ4n) is 1.95. The highest BCUT2D eigenvalue weighted by atomic mass is 16.5. The summed E-state index contributed by atoms with van der Waals surface area (Å²) in [6.45, 7) is 3.29. The molecule has 1 heterocycles. The Morgan fingerprint density at radius 1 is 1.24 bits per heavy atom. The molecule has 0 bridgehead atoms. The topological polar surface area (TPSA) is 125 Å². The zero-order valence-corrected chi connectivity index (χ0v) is 13.7. The first-order chi connectivity index (χ1) is 12.0. The average molecular weight is 353 g/mol. The van der Waals surface area contributed by atoms with Gasteiger partial charge in [0, 0.05) is 25.2 Å². The molecule has 4 N–H and O–H groups in total. The lowest BCUT2D eigenvalue weighted by Crippen LogP contribution is -2.41. The van der Waals surface area contributed by atoms with E-state index < -0.39 is 18.0 Å². The molecule has 25 heavy (non-hydrogen) atoms. The summed E-state index contributed by atoms with van der Waals surface area (Å²) in [5.41, 5.74) is 0.884. The molecule has 8 heteroatoms. The average Bonchev–Trinajstić information content (AvgIpc) is 2.62. The molecule has 0 radical (unpaired) electrons. The molecule has 0 aromatic heterocycles. The Balaban J connectivity index is 0.000000333. The van der Waals surface area contributed by atoms with Crippen LogP contribution < -0.4 is 5.32 Å². The second kappa shape index (κ2) is 12.2. The summed E-state index contributed by atoms with van der Waals surface area (Å²) in [6.07, 6.45) is 0.657. The number of morpholine rings is 1. The van der Waals surface area contributed by atoms with E-state index in [0.717, 1.165) is 25.3 Å². The number of hydrogen-bond acceptors (Lipinski definition) is 6. The number of aliphatic hydroxyl groups is 1. The minimum Gasteiger partial charge on any atom is -0.478 e. The van der Waals surface area contributed by atoms with Gasteiger partial charge in [-0.3, -0.25) is 0 Å². The van der Waals surface area contributed by atoms with Crippen LogP contribution in [0.1, 0.15) is 11.7 Å². The summed E-state index contributed by atoms with van der Waals surface area (Å²) in [4.78, 5) is 19.1. The molecule has 8 nitrogen and oxygen atoms in total. The summed E-state index contributed by atoms with van der Waals surface area (Å²) < 4.78 is 11.0. The van der Waals surface area contributed by atoms with Crippen molar-refractivity contribution in [1.82, 2.24) is 5.32 Å². The Kier molecular flexibility index (Phi) is 10.1. The number of carbonyl (C=O) groups is 2. The van der Waals surface area contributed by atoms with Crippen molar-refractivity contribution in [2.75, 3.05) is 32.9 Å². The van der Waals surface area contributed by atoms with Crippen molar-refractivity contribution in [3.05, 3.63) is 48.0 Å². The summed E-state index contributed by atoms with van der Waals surface area (Å²) >= 11 is 0. The molecule has 2 rings (SSSR count). The number of hydrogen-bond donors (Lipinski definition) is 4. The van der Waals surface area contributed by atoms with E-state index in [2.05, 4.69) is 5.32 Å². The highest BCUT2D eigenvalue weighted by Gasteiger charge is 2.14. The minimum atomic E-state index is -1.26. The second-order valence-corrected chi connectivity index (χ2v) is 5.17. The molecule has 0 saturated carbocycles. The Bertz CT molecular complexity index is 525. The van der Waals surface area contributed by atoms with Crippen molar-refractivity contribution in [2.24, 2.45) is 0 Å². The lowest BCUT2D eigenvalue weighted by atomic mass is 10.1. The van der Waals surface area contributed by atoms with Crippen LogP contribution in [0, 0.1) is 0 Å². The van der Waals surface area contributed by atoms with E-state index in [-0.39, 0.29) is 6.10 Å². The summed E-state index contributed by atoms with van der Waals surface area (Å²) in [5, 5.41) is 28.7. The Hall–Kier alpha value is -2.26. The molecule has 1 aliphatic rings. The smallest absolute Gasteiger partial charge is 0.328 e. The molecule has 0 amide bonds. The van der Waals surface area contributed by atoms with E-state index in [1.54, 1.807) is 0 Å². The SMILES string of the molecule is O=C(O)C=CC(=O)O.O[C@H](COCC1CNCCO1)c1ccccc1. The van der Waals surface area contributed by atoms with Crippen LogP contribution in [-0.2, 0) is 19.1 Å². The van der Waals surface area contributed by atoms with Gasteiger partial charge in [-0.1, -0.05) is 30.3 Å². The number of carboxylic acids is 2. The molecule has 1 fully saturated rings. The molecule has 0 spiro atoms. The third-order valence-corrected chi connectivity index (χ3v) is 3.14. The van der Waals surface area contributed by atoms with Crippen LogP contribution in [0.25, 0.3) is 0 Å². The van der Waals surface area contributed by atoms with Crippen LogP contribution in [0.4, 0.5) is 0 Å². The van der Waals surface area contributed by atoms with Crippen molar-refractivity contribution in [1.29, 1.82) is 0 Å². The van der Waals surface area contributed by atoms with E-state index in [4.69, 9.17) is 19.7 Å². The number of carboxylic acid groups (broad SMARTS) is 2. The highest BCUT2D eigenvalue weighted by molar-refractivity contribution is 5.89. The monoisotopic (exact) mass is 353 g/mol. The zero-order valence-electron chi connectivity index (χ0n) is 13.7. The van der Waals surface area contributed by atoms with Gasteiger partial charge in [-0.05, 0) is 5.56 Å². The Morgan fingerprint density at radius 3 is 2.40 bits per heavy atom. The van der Waals surface area contributed by atoms with E-state index in [1.165, 1.54) is 0 Å². The van der Waals surface area contributed by atoms with Crippen LogP contribution >= 0.6 is 0 Å². The number of benzene rings is 1. The van der Waals surface area contributed by atoms with Gasteiger partial charge in [-0.25, -0.2) is 9.59 Å². The van der Waals surface area contributed by atoms with Crippen LogP contribution in [0.5, 0.6) is 0 Å². The van der Waals surface area contributed by atoms with Crippen molar-refractivity contribution in [3.8, 4) is 0 Å². The van der Waals surface area contributed by atoms with E-state index in [0.29, 0.717) is 25.4 Å². The predicted octanol–water partition coefficient (Wildman–Crippen LogP) is 0.437. The van der Waals surface area contributed by atoms with E-state index >= 15 is 0 Å². The Labute approximate surface area is 145 Å². The molecule has 2 atom stereocenters. The van der Waals surface area contributed by atoms with Crippen LogP contribution in [0.3, 0.4) is 0 Å². The fraction of sp³-hybridized carbons (Fsp3) is 0.412. The first-order valence-electron chi connectivity index (χ1n) is 7.76. The summed E-state index contributed by atoms with van der Waals surface area (Å²) in [5.74, 6) is -2.51. The van der Waals surface area contributed by atoms with Crippen LogP contribution in [-0.4, -0.2) is 66.3 Å². The maximum atomic E-state index is 9.87. The van der Waals surface area contributed by atoms with Gasteiger partial charge in [0.15, 0.2) is 0 Å². The van der Waals surface area contributed by atoms with Crippen LogP contribution in [0.15, 0.2) is 42.5 Å². The minimum absolute atomic E-state index is 0.103. The second-order valence-electron chi connectivity index (χ2n) is 5.17. The molecule has 1 aliphatic heterocycles. The number of nitrogens with one attached hydrogen (secondary N) is 1. The van der Waals surface area contributed by atoms with Gasteiger partial charge >= 0.3 is 11.9 Å². The van der Waals surface area contributed by atoms with Crippen molar-refractivity contribution >= 4 is 11.9 Å². The fourth-order valence-corrected chi connectivity index (χ4v) is 1.95. The van der Waals surface area contributed by atoms with Gasteiger partial charge in [-0.15, -0.1) is 0 Å². The first-order valence-corrected chi connectivity index (χ1v) is 7.76. The molecule has 138 valence electrons. The molecular formula is C17H23NO7. The largest absolute Gasteiger partial charge is 0.478 e. The first kappa shape index (κ1) is 20.8. The predicted molar refractivity (Wildman–Crippen MR) is 89.2 cm³/mol. The molecule has 1 saturated heterocycles. The summed E-state index contributed by atoms with van der Waals surface area (Å²) in [7, 11) is 0. The van der Waals surface area contributed by atoms with Crippen molar-refractivity contribution in [2.45, 2.75) is 12.2 Å². The number of aliphatic carboxylic acids is 2. The van der Waals surface area contributed by atoms with Crippen molar-refractivity contribution in [3.63, 3.8) is 0 Å². The van der Waals surface area contributed by atoms with Gasteiger partial charge < -0.3 is 30.1 Å². The van der Waals surface area contributed by atoms with Gasteiger partial charge in [-0.2, -0.15) is 0 Å². The quantitative estimate of drug-likeness (QED) is 0.520. The number of ether oxygens (including phenoxy) is 2. The zero-order chi connectivity index (χ0) is 18.5. The van der Waals surface area contributed by atoms with Crippen LogP contribution in [0.2, 0.25) is 0 Å². The lowest BCUT2D eigenvalue weighted by molar-refractivity contribution is -0.134. The Morgan fingerprint density at radius 2 is 1.88 bits per heavy atom. The number of rotatable bonds is 7. The molecule has 1 aromatic carbocycles. The van der Waals surface area contributed by atoms with E-state index in [9.17, 15) is 14.7 Å². The molecule has 0 aliphatic carbocycles. The van der Waals surface area contributed by atoms with Crippen molar-refractivity contribution < 1.29 is 34.4 Å². The van der Waals surface area contributed by atoms with Gasteiger partial charge in [0.05, 0.1) is 25.9 Å².